The van der Waals surface area contributed by atoms with Crippen LogP contribution in [0.4, 0.5) is 11.8 Å². The predicted octanol–water partition coefficient (Wildman–Crippen LogP) is 3.31. The van der Waals surface area contributed by atoms with Crippen LogP contribution in [-0.2, 0) is 6.54 Å². The van der Waals surface area contributed by atoms with Gasteiger partial charge in [0, 0.05) is 31.4 Å². The zero-order chi connectivity index (χ0) is 19.6. The molecule has 0 bridgehead atoms. The Labute approximate surface area is 163 Å². The molecule has 140 valence electrons. The number of aromatic nitrogens is 4. The maximum absolute atomic E-state index is 12.7. The van der Waals surface area contributed by atoms with Crippen molar-refractivity contribution in [3.63, 3.8) is 0 Å². The number of hydrogen-bond acceptors (Lipinski definition) is 5. The Kier molecular flexibility index (Phi) is 5.41. The van der Waals surface area contributed by atoms with Crippen LogP contribution in [0.5, 0.6) is 0 Å². The molecule has 0 radical (unpaired) electrons. The number of anilines is 2. The minimum Gasteiger partial charge on any atom is -0.347 e. The molecular formula is C19H21ClN6O. The third kappa shape index (κ3) is 4.43. The van der Waals surface area contributed by atoms with E-state index in [1.807, 2.05) is 51.4 Å². The van der Waals surface area contributed by atoms with E-state index in [1.54, 1.807) is 22.7 Å². The lowest BCUT2D eigenvalue weighted by atomic mass is 10.2. The Morgan fingerprint density at radius 1 is 1.22 bits per heavy atom. The van der Waals surface area contributed by atoms with E-state index in [9.17, 15) is 4.79 Å². The molecule has 1 amide bonds. The molecule has 3 aromatic rings. The lowest BCUT2D eigenvalue weighted by Gasteiger charge is -2.13. The maximum Gasteiger partial charge on any atom is 0.260 e. The fraction of sp³-hybridized carbons (Fsp3) is 0.263. The van der Waals surface area contributed by atoms with Gasteiger partial charge in [0.05, 0.1) is 23.5 Å². The highest BCUT2D eigenvalue weighted by atomic mass is 35.5. The van der Waals surface area contributed by atoms with Crippen LogP contribution in [0.15, 0.2) is 36.5 Å². The Morgan fingerprint density at radius 3 is 2.56 bits per heavy atom. The van der Waals surface area contributed by atoms with Gasteiger partial charge in [-0.15, -0.1) is 0 Å². The molecule has 0 fully saturated rings. The van der Waals surface area contributed by atoms with Crippen molar-refractivity contribution in [3.05, 3.63) is 64.1 Å². The number of hydrogen-bond donors (Lipinski definition) is 1. The van der Waals surface area contributed by atoms with Gasteiger partial charge in [-0.3, -0.25) is 4.79 Å². The first kappa shape index (κ1) is 18.8. The second kappa shape index (κ2) is 7.75. The van der Waals surface area contributed by atoms with Crippen LogP contribution in [0.1, 0.15) is 27.3 Å². The minimum atomic E-state index is -0.268. The molecule has 1 N–H and O–H groups in total. The van der Waals surface area contributed by atoms with Crippen molar-refractivity contribution in [1.29, 1.82) is 0 Å². The average Bonchev–Trinajstić information content (AvgIpc) is 2.95. The number of aryl methyl sites for hydroxylation is 2. The van der Waals surface area contributed by atoms with Crippen molar-refractivity contribution in [3.8, 4) is 0 Å². The van der Waals surface area contributed by atoms with Gasteiger partial charge in [-0.05, 0) is 31.5 Å². The van der Waals surface area contributed by atoms with Crippen LogP contribution in [0.25, 0.3) is 0 Å². The zero-order valence-electron chi connectivity index (χ0n) is 15.7. The van der Waals surface area contributed by atoms with Crippen molar-refractivity contribution in [2.45, 2.75) is 20.4 Å². The molecule has 2 aromatic heterocycles. The highest BCUT2D eigenvalue weighted by Gasteiger charge is 2.15. The molecule has 0 saturated heterocycles. The van der Waals surface area contributed by atoms with E-state index in [1.165, 1.54) is 0 Å². The van der Waals surface area contributed by atoms with E-state index in [2.05, 4.69) is 20.4 Å². The van der Waals surface area contributed by atoms with Crippen molar-refractivity contribution in [2.75, 3.05) is 24.3 Å². The zero-order valence-corrected chi connectivity index (χ0v) is 16.4. The first-order chi connectivity index (χ1) is 12.8. The third-order valence-corrected chi connectivity index (χ3v) is 4.25. The van der Waals surface area contributed by atoms with Crippen LogP contribution in [0.2, 0.25) is 5.02 Å². The van der Waals surface area contributed by atoms with Crippen LogP contribution < -0.4 is 10.2 Å². The predicted molar refractivity (Wildman–Crippen MR) is 107 cm³/mol. The monoisotopic (exact) mass is 384 g/mol. The lowest BCUT2D eigenvalue weighted by Crippen LogP contribution is -2.20. The van der Waals surface area contributed by atoms with Gasteiger partial charge >= 0.3 is 0 Å². The van der Waals surface area contributed by atoms with Gasteiger partial charge in [0.1, 0.15) is 5.82 Å². The van der Waals surface area contributed by atoms with Gasteiger partial charge in [0.2, 0.25) is 5.95 Å². The molecule has 0 aliphatic heterocycles. The van der Waals surface area contributed by atoms with Crippen LogP contribution in [-0.4, -0.2) is 39.8 Å². The van der Waals surface area contributed by atoms with Gasteiger partial charge in [-0.2, -0.15) is 5.10 Å². The molecule has 3 rings (SSSR count). The molecular weight excluding hydrogens is 364 g/mol. The standard InChI is InChI=1S/C19H21ClN6O/c1-12-9-17(26(24-12)11-14-5-7-15(20)8-6-14)23-18(27)16-10-21-19(25(3)4)22-13(16)2/h5-10H,11H2,1-4H3,(H,23,27). The molecule has 1 aromatic carbocycles. The molecule has 7 nitrogen and oxygen atoms in total. The highest BCUT2D eigenvalue weighted by Crippen LogP contribution is 2.17. The molecule has 2 heterocycles. The molecule has 0 atom stereocenters. The molecule has 0 spiro atoms. The fourth-order valence-corrected chi connectivity index (χ4v) is 2.73. The summed E-state index contributed by atoms with van der Waals surface area (Å²) in [6, 6.07) is 9.36. The van der Waals surface area contributed by atoms with Crippen molar-refractivity contribution in [2.24, 2.45) is 0 Å². The summed E-state index contributed by atoms with van der Waals surface area (Å²) in [6.07, 6.45) is 1.54. The van der Waals surface area contributed by atoms with Crippen LogP contribution in [0.3, 0.4) is 0 Å². The number of carbonyl (C=O) groups excluding carboxylic acids is 1. The fourth-order valence-electron chi connectivity index (χ4n) is 2.61. The van der Waals surface area contributed by atoms with E-state index in [0.717, 1.165) is 11.3 Å². The minimum absolute atomic E-state index is 0.268. The Bertz CT molecular complexity index is 965. The average molecular weight is 385 g/mol. The van der Waals surface area contributed by atoms with Crippen molar-refractivity contribution >= 4 is 29.3 Å². The summed E-state index contributed by atoms with van der Waals surface area (Å²) >= 11 is 5.94. The topological polar surface area (TPSA) is 75.9 Å². The SMILES string of the molecule is Cc1cc(NC(=O)c2cnc(N(C)C)nc2C)n(Cc2ccc(Cl)cc2)n1. The maximum atomic E-state index is 12.7. The van der Waals surface area contributed by atoms with E-state index in [-0.39, 0.29) is 5.91 Å². The van der Waals surface area contributed by atoms with Gasteiger partial charge in [0.15, 0.2) is 0 Å². The molecule has 0 aliphatic carbocycles. The highest BCUT2D eigenvalue weighted by molar-refractivity contribution is 6.30. The summed E-state index contributed by atoms with van der Waals surface area (Å²) in [7, 11) is 3.71. The summed E-state index contributed by atoms with van der Waals surface area (Å²) in [6.45, 7) is 4.20. The Balaban J connectivity index is 1.81. The molecule has 8 heteroatoms. The number of halogens is 1. The largest absolute Gasteiger partial charge is 0.347 e. The first-order valence-electron chi connectivity index (χ1n) is 8.44. The van der Waals surface area contributed by atoms with Gasteiger partial charge in [-0.25, -0.2) is 14.6 Å². The number of nitrogens with one attached hydrogen (secondary N) is 1. The summed E-state index contributed by atoms with van der Waals surface area (Å²) in [5.74, 6) is 0.909. The van der Waals surface area contributed by atoms with Crippen LogP contribution in [0, 0.1) is 13.8 Å². The quantitative estimate of drug-likeness (QED) is 0.730. The van der Waals surface area contributed by atoms with Gasteiger partial charge in [-0.1, -0.05) is 23.7 Å². The molecule has 0 saturated carbocycles. The van der Waals surface area contributed by atoms with E-state index in [0.29, 0.717) is 34.6 Å². The van der Waals surface area contributed by atoms with E-state index < -0.39 is 0 Å². The molecule has 0 aliphatic rings. The van der Waals surface area contributed by atoms with Gasteiger partial charge < -0.3 is 10.2 Å². The molecule has 27 heavy (non-hydrogen) atoms. The smallest absolute Gasteiger partial charge is 0.260 e. The molecule has 0 unspecified atom stereocenters. The van der Waals surface area contributed by atoms with Crippen LogP contribution >= 0.6 is 11.6 Å². The number of nitrogens with zero attached hydrogens (tertiary/aromatic N) is 5. The summed E-state index contributed by atoms with van der Waals surface area (Å²) in [4.78, 5) is 23.1. The second-order valence-corrected chi connectivity index (χ2v) is 6.91. The number of rotatable bonds is 5. The normalized spacial score (nSPS) is 10.7. The summed E-state index contributed by atoms with van der Waals surface area (Å²) in [5, 5.41) is 8.06. The number of amides is 1. The Hall–Kier alpha value is -2.93. The Morgan fingerprint density at radius 2 is 1.93 bits per heavy atom. The summed E-state index contributed by atoms with van der Waals surface area (Å²) in [5.41, 5.74) is 2.90. The number of benzene rings is 1. The third-order valence-electron chi connectivity index (χ3n) is 4.00. The second-order valence-electron chi connectivity index (χ2n) is 6.47. The van der Waals surface area contributed by atoms with E-state index >= 15 is 0 Å². The first-order valence-corrected chi connectivity index (χ1v) is 8.82. The van der Waals surface area contributed by atoms with Crippen molar-refractivity contribution in [1.82, 2.24) is 19.7 Å². The van der Waals surface area contributed by atoms with E-state index in [4.69, 9.17) is 11.6 Å². The van der Waals surface area contributed by atoms with Crippen molar-refractivity contribution < 1.29 is 4.79 Å². The lowest BCUT2D eigenvalue weighted by molar-refractivity contribution is 0.102. The number of carbonyl (C=O) groups is 1. The summed E-state index contributed by atoms with van der Waals surface area (Å²) < 4.78 is 1.75. The van der Waals surface area contributed by atoms with Gasteiger partial charge in [0.25, 0.3) is 5.91 Å².